The van der Waals surface area contributed by atoms with Crippen molar-refractivity contribution < 1.29 is 23.1 Å². The maximum Gasteiger partial charge on any atom is 0.322 e. The number of carbonyl (C=O) groups excluding carboxylic acids is 1. The van der Waals surface area contributed by atoms with E-state index in [2.05, 4.69) is 5.32 Å². The molecule has 0 atom stereocenters. The van der Waals surface area contributed by atoms with Gasteiger partial charge in [0.2, 0.25) is 15.9 Å². The van der Waals surface area contributed by atoms with Crippen LogP contribution in [0.2, 0.25) is 0 Å². The lowest BCUT2D eigenvalue weighted by atomic mass is 9.97. The Morgan fingerprint density at radius 3 is 2.24 bits per heavy atom. The summed E-state index contributed by atoms with van der Waals surface area (Å²) in [4.78, 5) is 22.6. The van der Waals surface area contributed by atoms with E-state index in [4.69, 9.17) is 5.11 Å². The number of benzene rings is 1. The third-order valence-electron chi connectivity index (χ3n) is 4.42. The largest absolute Gasteiger partial charge is 0.480 e. The topological polar surface area (TPSA) is 104 Å². The van der Waals surface area contributed by atoms with E-state index >= 15 is 0 Å². The summed E-state index contributed by atoms with van der Waals surface area (Å²) in [5, 5.41) is 10.9. The first-order valence-corrected chi connectivity index (χ1v) is 9.75. The Hall–Kier alpha value is -1.93. The van der Waals surface area contributed by atoms with Crippen LogP contribution in [-0.2, 0) is 19.6 Å². The first-order chi connectivity index (χ1) is 11.7. The monoisotopic (exact) mass is 368 g/mol. The van der Waals surface area contributed by atoms with Crippen LogP contribution in [0.25, 0.3) is 0 Å². The summed E-state index contributed by atoms with van der Waals surface area (Å²) in [6.07, 6.45) is 0.767. The minimum Gasteiger partial charge on any atom is -0.480 e. The molecule has 2 N–H and O–H groups in total. The SMILES string of the molecule is CC(C)c1ccc(S(=O)(=O)N2CCC(C(=O)NCC(=O)O)CC2)cc1. The van der Waals surface area contributed by atoms with Gasteiger partial charge in [-0.3, -0.25) is 9.59 Å². The Morgan fingerprint density at radius 2 is 1.76 bits per heavy atom. The van der Waals surface area contributed by atoms with Crippen LogP contribution in [-0.4, -0.2) is 49.3 Å². The fourth-order valence-electron chi connectivity index (χ4n) is 2.84. The lowest BCUT2D eigenvalue weighted by Gasteiger charge is -2.30. The van der Waals surface area contributed by atoms with E-state index in [1.165, 1.54) is 4.31 Å². The third kappa shape index (κ3) is 4.79. The standard InChI is InChI=1S/C17H24N2O5S/c1-12(2)13-3-5-15(6-4-13)25(23,24)19-9-7-14(8-10-19)17(22)18-11-16(20)21/h3-6,12,14H,7-11H2,1-2H3,(H,18,22)(H,20,21). The Bertz CT molecular complexity index is 720. The highest BCUT2D eigenvalue weighted by atomic mass is 32.2. The summed E-state index contributed by atoms with van der Waals surface area (Å²) in [6.45, 7) is 4.17. The second kappa shape index (κ2) is 7.97. The van der Waals surface area contributed by atoms with Gasteiger partial charge in [-0.2, -0.15) is 4.31 Å². The second-order valence-corrected chi connectivity index (χ2v) is 8.45. The van der Waals surface area contributed by atoms with Crippen molar-refractivity contribution in [2.24, 2.45) is 5.92 Å². The Balaban J connectivity index is 1.99. The molecule has 1 saturated heterocycles. The molecule has 1 aliphatic rings. The van der Waals surface area contributed by atoms with Crippen LogP contribution in [0.15, 0.2) is 29.2 Å². The van der Waals surface area contributed by atoms with Crippen LogP contribution < -0.4 is 5.32 Å². The van der Waals surface area contributed by atoms with Gasteiger partial charge >= 0.3 is 5.97 Å². The Labute approximate surface area is 148 Å². The van der Waals surface area contributed by atoms with Crippen molar-refractivity contribution in [2.75, 3.05) is 19.6 Å². The number of carboxylic acid groups (broad SMARTS) is 1. The lowest BCUT2D eigenvalue weighted by Crippen LogP contribution is -2.43. The Morgan fingerprint density at radius 1 is 1.20 bits per heavy atom. The smallest absolute Gasteiger partial charge is 0.322 e. The molecule has 0 aromatic heterocycles. The van der Waals surface area contributed by atoms with Crippen LogP contribution in [0.4, 0.5) is 0 Å². The summed E-state index contributed by atoms with van der Waals surface area (Å²) in [6, 6.07) is 6.89. The quantitative estimate of drug-likeness (QED) is 0.790. The minimum atomic E-state index is -3.57. The van der Waals surface area contributed by atoms with E-state index in [0.717, 1.165) is 5.56 Å². The molecule has 2 rings (SSSR count). The number of hydrogen-bond donors (Lipinski definition) is 2. The number of carbonyl (C=O) groups is 2. The molecule has 1 aromatic rings. The van der Waals surface area contributed by atoms with Gasteiger partial charge in [0.1, 0.15) is 6.54 Å². The van der Waals surface area contributed by atoms with Crippen molar-refractivity contribution in [2.45, 2.75) is 37.5 Å². The third-order valence-corrected chi connectivity index (χ3v) is 6.34. The van der Waals surface area contributed by atoms with Crippen molar-refractivity contribution in [1.82, 2.24) is 9.62 Å². The molecule has 1 aliphatic heterocycles. The number of sulfonamides is 1. The van der Waals surface area contributed by atoms with Gasteiger partial charge in [0, 0.05) is 19.0 Å². The average Bonchev–Trinajstić information content (AvgIpc) is 2.59. The number of hydrogen-bond acceptors (Lipinski definition) is 4. The zero-order chi connectivity index (χ0) is 18.6. The van der Waals surface area contributed by atoms with Gasteiger partial charge in [-0.15, -0.1) is 0 Å². The highest BCUT2D eigenvalue weighted by Gasteiger charge is 2.32. The summed E-state index contributed by atoms with van der Waals surface area (Å²) in [7, 11) is -3.57. The molecule has 0 spiro atoms. The molecule has 138 valence electrons. The molecular formula is C17H24N2O5S. The van der Waals surface area contributed by atoms with E-state index in [-0.39, 0.29) is 29.8 Å². The van der Waals surface area contributed by atoms with Crippen LogP contribution >= 0.6 is 0 Å². The van der Waals surface area contributed by atoms with Crippen molar-refractivity contribution in [3.05, 3.63) is 29.8 Å². The molecule has 1 heterocycles. The summed E-state index contributed by atoms with van der Waals surface area (Å²) in [5.74, 6) is -1.45. The van der Waals surface area contributed by atoms with Crippen LogP contribution in [0.1, 0.15) is 38.2 Å². The average molecular weight is 368 g/mol. The van der Waals surface area contributed by atoms with Crippen molar-refractivity contribution in [3.63, 3.8) is 0 Å². The Kier molecular flexibility index (Phi) is 6.18. The van der Waals surface area contributed by atoms with E-state index in [0.29, 0.717) is 18.8 Å². The fourth-order valence-corrected chi connectivity index (χ4v) is 4.31. The molecule has 8 heteroatoms. The van der Waals surface area contributed by atoms with E-state index < -0.39 is 22.5 Å². The number of rotatable bonds is 6. The predicted octanol–water partition coefficient (Wildman–Crippen LogP) is 1.41. The maximum atomic E-state index is 12.7. The highest BCUT2D eigenvalue weighted by Crippen LogP contribution is 2.25. The van der Waals surface area contributed by atoms with Gasteiger partial charge in [-0.05, 0) is 36.5 Å². The zero-order valence-electron chi connectivity index (χ0n) is 14.4. The first kappa shape index (κ1) is 19.4. The molecule has 0 unspecified atom stereocenters. The summed E-state index contributed by atoms with van der Waals surface area (Å²) in [5.41, 5.74) is 1.08. The molecule has 0 bridgehead atoms. The second-order valence-electron chi connectivity index (χ2n) is 6.51. The molecule has 0 saturated carbocycles. The van der Waals surface area contributed by atoms with Crippen LogP contribution in [0.3, 0.4) is 0 Å². The van der Waals surface area contributed by atoms with Gasteiger partial charge in [0.05, 0.1) is 4.90 Å². The normalized spacial score (nSPS) is 16.8. The van der Waals surface area contributed by atoms with Gasteiger partial charge in [0.15, 0.2) is 0 Å². The molecule has 1 amide bonds. The van der Waals surface area contributed by atoms with Gasteiger partial charge in [0.25, 0.3) is 0 Å². The molecule has 1 fully saturated rings. The fraction of sp³-hybridized carbons (Fsp3) is 0.529. The van der Waals surface area contributed by atoms with Crippen molar-refractivity contribution in [3.8, 4) is 0 Å². The van der Waals surface area contributed by atoms with Gasteiger partial charge < -0.3 is 10.4 Å². The van der Waals surface area contributed by atoms with E-state index in [1.54, 1.807) is 12.1 Å². The summed E-state index contributed by atoms with van der Waals surface area (Å²) < 4.78 is 26.8. The first-order valence-electron chi connectivity index (χ1n) is 8.31. The number of nitrogens with zero attached hydrogens (tertiary/aromatic N) is 1. The number of aliphatic carboxylic acids is 1. The molecule has 0 radical (unpaired) electrons. The molecule has 7 nitrogen and oxygen atoms in total. The molecular weight excluding hydrogens is 344 g/mol. The minimum absolute atomic E-state index is 0.249. The number of carboxylic acids is 1. The lowest BCUT2D eigenvalue weighted by molar-refractivity contribution is -0.138. The molecule has 0 aliphatic carbocycles. The highest BCUT2D eigenvalue weighted by molar-refractivity contribution is 7.89. The number of nitrogens with one attached hydrogen (secondary N) is 1. The molecule has 1 aromatic carbocycles. The number of piperidine rings is 1. The van der Waals surface area contributed by atoms with E-state index in [1.807, 2.05) is 26.0 Å². The zero-order valence-corrected chi connectivity index (χ0v) is 15.3. The molecule has 25 heavy (non-hydrogen) atoms. The predicted molar refractivity (Wildman–Crippen MR) is 92.7 cm³/mol. The van der Waals surface area contributed by atoms with Crippen LogP contribution in [0, 0.1) is 5.92 Å². The van der Waals surface area contributed by atoms with Crippen molar-refractivity contribution >= 4 is 21.9 Å². The number of amides is 1. The summed E-state index contributed by atoms with van der Waals surface area (Å²) >= 11 is 0. The van der Waals surface area contributed by atoms with Crippen LogP contribution in [0.5, 0.6) is 0 Å². The van der Waals surface area contributed by atoms with Crippen molar-refractivity contribution in [1.29, 1.82) is 0 Å². The van der Waals surface area contributed by atoms with E-state index in [9.17, 15) is 18.0 Å². The van der Waals surface area contributed by atoms with Gasteiger partial charge in [-0.25, -0.2) is 8.42 Å². The van der Waals surface area contributed by atoms with Gasteiger partial charge in [-0.1, -0.05) is 26.0 Å². The maximum absolute atomic E-state index is 12.7.